The molecule has 19 heavy (non-hydrogen) atoms. The third-order valence-electron chi connectivity index (χ3n) is 3.10. The molecule has 0 saturated carbocycles. The number of anilines is 1. The Labute approximate surface area is 109 Å². The number of hydrogen-bond acceptors (Lipinski definition) is 4. The summed E-state index contributed by atoms with van der Waals surface area (Å²) in [5.74, 6) is 1.57. The minimum absolute atomic E-state index is 0.401. The van der Waals surface area contributed by atoms with Crippen LogP contribution in [-0.4, -0.2) is 23.4 Å². The van der Waals surface area contributed by atoms with E-state index in [-0.39, 0.29) is 0 Å². The molecular weight excluding hydrogens is 249 g/mol. The fourth-order valence-corrected chi connectivity index (χ4v) is 2.18. The standard InChI is InChI=1S/C13H14FN3O2/c1-7(14)8-4-11-12(19-3-2-18-11)5-9(8)10-6-16-17-13(10)15/h4-7H,2-3H2,1H3,(H3,15,16,17). The van der Waals surface area contributed by atoms with Crippen LogP contribution in [-0.2, 0) is 0 Å². The van der Waals surface area contributed by atoms with E-state index >= 15 is 0 Å². The van der Waals surface area contributed by atoms with Crippen LogP contribution in [0.25, 0.3) is 11.1 Å². The zero-order valence-corrected chi connectivity index (χ0v) is 10.4. The number of halogens is 1. The van der Waals surface area contributed by atoms with Gasteiger partial charge in [0.05, 0.1) is 6.20 Å². The molecule has 0 saturated heterocycles. The molecule has 0 aliphatic carbocycles. The number of benzene rings is 1. The summed E-state index contributed by atoms with van der Waals surface area (Å²) in [6, 6.07) is 3.42. The van der Waals surface area contributed by atoms with Crippen molar-refractivity contribution in [3.63, 3.8) is 0 Å². The first-order chi connectivity index (χ1) is 9.16. The van der Waals surface area contributed by atoms with Gasteiger partial charge in [-0.25, -0.2) is 4.39 Å². The van der Waals surface area contributed by atoms with Crippen molar-refractivity contribution in [2.75, 3.05) is 18.9 Å². The molecule has 1 atom stereocenters. The number of nitrogens with two attached hydrogens (primary N) is 1. The Kier molecular flexibility index (Phi) is 2.77. The number of nitrogens with zero attached hydrogens (tertiary/aromatic N) is 1. The second-order valence-electron chi connectivity index (χ2n) is 4.40. The summed E-state index contributed by atoms with van der Waals surface area (Å²) in [5, 5.41) is 6.51. The van der Waals surface area contributed by atoms with E-state index in [0.717, 1.165) is 0 Å². The molecule has 3 N–H and O–H groups in total. The van der Waals surface area contributed by atoms with Gasteiger partial charge in [0.1, 0.15) is 25.2 Å². The molecule has 0 fully saturated rings. The summed E-state index contributed by atoms with van der Waals surface area (Å²) < 4.78 is 24.8. The first kappa shape index (κ1) is 11.8. The first-order valence-electron chi connectivity index (χ1n) is 6.03. The lowest BCUT2D eigenvalue weighted by Crippen LogP contribution is -2.15. The summed E-state index contributed by atoms with van der Waals surface area (Å²) in [4.78, 5) is 0. The molecule has 1 aliphatic rings. The van der Waals surface area contributed by atoms with Crippen LogP contribution in [0, 0.1) is 0 Å². The van der Waals surface area contributed by atoms with Crippen molar-refractivity contribution in [2.45, 2.75) is 13.1 Å². The molecule has 1 aliphatic heterocycles. The SMILES string of the molecule is CC(F)c1cc2c(cc1-c1cn[nH]c1N)OCCO2. The molecule has 100 valence electrons. The van der Waals surface area contributed by atoms with Crippen molar-refractivity contribution in [2.24, 2.45) is 0 Å². The fraction of sp³-hybridized carbons (Fsp3) is 0.308. The Hall–Kier alpha value is -2.24. The summed E-state index contributed by atoms with van der Waals surface area (Å²) in [7, 11) is 0. The third kappa shape index (κ3) is 1.99. The van der Waals surface area contributed by atoms with E-state index < -0.39 is 6.17 Å². The van der Waals surface area contributed by atoms with Crippen LogP contribution in [0.1, 0.15) is 18.7 Å². The van der Waals surface area contributed by atoms with Crippen LogP contribution in [0.4, 0.5) is 10.2 Å². The van der Waals surface area contributed by atoms with Crippen molar-refractivity contribution in [1.82, 2.24) is 10.2 Å². The van der Waals surface area contributed by atoms with E-state index in [9.17, 15) is 4.39 Å². The molecule has 0 bridgehead atoms. The monoisotopic (exact) mass is 263 g/mol. The number of aromatic nitrogens is 2. The van der Waals surface area contributed by atoms with Crippen LogP contribution in [0.3, 0.4) is 0 Å². The number of hydrogen-bond donors (Lipinski definition) is 2. The van der Waals surface area contributed by atoms with Gasteiger partial charge in [-0.05, 0) is 30.2 Å². The Morgan fingerprint density at radius 2 is 1.95 bits per heavy atom. The Morgan fingerprint density at radius 1 is 1.26 bits per heavy atom. The molecule has 3 rings (SSSR count). The van der Waals surface area contributed by atoms with E-state index in [1.807, 2.05) is 0 Å². The highest BCUT2D eigenvalue weighted by Gasteiger charge is 2.21. The second kappa shape index (κ2) is 4.46. The molecule has 2 heterocycles. The highest BCUT2D eigenvalue weighted by atomic mass is 19.1. The average Bonchev–Trinajstić information content (AvgIpc) is 2.83. The highest BCUT2D eigenvalue weighted by molar-refractivity contribution is 5.78. The number of H-pyrrole nitrogens is 1. The molecule has 1 aromatic heterocycles. The smallest absolute Gasteiger partial charge is 0.162 e. The van der Waals surface area contributed by atoms with Crippen LogP contribution < -0.4 is 15.2 Å². The normalized spacial score (nSPS) is 15.3. The Bertz CT molecular complexity index is 610. The van der Waals surface area contributed by atoms with Gasteiger partial charge in [0.2, 0.25) is 0 Å². The fourth-order valence-electron chi connectivity index (χ4n) is 2.18. The zero-order chi connectivity index (χ0) is 13.4. The molecule has 0 spiro atoms. The molecule has 0 amide bonds. The van der Waals surface area contributed by atoms with Crippen LogP contribution in [0.2, 0.25) is 0 Å². The van der Waals surface area contributed by atoms with Gasteiger partial charge in [0.15, 0.2) is 11.5 Å². The van der Waals surface area contributed by atoms with Gasteiger partial charge in [0.25, 0.3) is 0 Å². The lowest BCUT2D eigenvalue weighted by molar-refractivity contribution is 0.171. The predicted molar refractivity (Wildman–Crippen MR) is 68.9 cm³/mol. The highest BCUT2D eigenvalue weighted by Crippen LogP contribution is 2.41. The number of rotatable bonds is 2. The molecule has 2 aromatic rings. The Morgan fingerprint density at radius 3 is 2.53 bits per heavy atom. The average molecular weight is 263 g/mol. The maximum Gasteiger partial charge on any atom is 0.162 e. The van der Waals surface area contributed by atoms with Gasteiger partial charge >= 0.3 is 0 Å². The van der Waals surface area contributed by atoms with Crippen molar-refractivity contribution < 1.29 is 13.9 Å². The van der Waals surface area contributed by atoms with Crippen LogP contribution >= 0.6 is 0 Å². The van der Waals surface area contributed by atoms with E-state index in [1.165, 1.54) is 6.92 Å². The second-order valence-corrected chi connectivity index (χ2v) is 4.40. The topological polar surface area (TPSA) is 73.2 Å². The number of ether oxygens (including phenoxy) is 2. The van der Waals surface area contributed by atoms with E-state index in [4.69, 9.17) is 15.2 Å². The quantitative estimate of drug-likeness (QED) is 0.873. The number of fused-ring (bicyclic) bond motifs is 1. The van der Waals surface area contributed by atoms with E-state index in [0.29, 0.717) is 47.2 Å². The van der Waals surface area contributed by atoms with Gasteiger partial charge in [0, 0.05) is 5.56 Å². The zero-order valence-electron chi connectivity index (χ0n) is 10.4. The minimum Gasteiger partial charge on any atom is -0.486 e. The maximum atomic E-state index is 13.8. The van der Waals surface area contributed by atoms with Gasteiger partial charge in [-0.15, -0.1) is 0 Å². The molecule has 0 radical (unpaired) electrons. The number of alkyl halides is 1. The first-order valence-corrected chi connectivity index (χ1v) is 6.03. The third-order valence-corrected chi connectivity index (χ3v) is 3.10. The summed E-state index contributed by atoms with van der Waals surface area (Å²) in [5.41, 5.74) is 7.65. The van der Waals surface area contributed by atoms with Gasteiger partial charge in [-0.3, -0.25) is 5.10 Å². The predicted octanol–water partition coefficient (Wildman–Crippen LogP) is 2.46. The molecule has 1 unspecified atom stereocenters. The lowest BCUT2D eigenvalue weighted by atomic mass is 9.98. The van der Waals surface area contributed by atoms with E-state index in [2.05, 4.69) is 10.2 Å². The lowest BCUT2D eigenvalue weighted by Gasteiger charge is -2.21. The summed E-state index contributed by atoms with van der Waals surface area (Å²) in [6.45, 7) is 2.43. The summed E-state index contributed by atoms with van der Waals surface area (Å²) in [6.07, 6.45) is 0.437. The van der Waals surface area contributed by atoms with Crippen molar-refractivity contribution >= 4 is 5.82 Å². The van der Waals surface area contributed by atoms with Crippen molar-refractivity contribution in [1.29, 1.82) is 0 Å². The minimum atomic E-state index is -1.14. The van der Waals surface area contributed by atoms with Crippen LogP contribution in [0.15, 0.2) is 18.3 Å². The van der Waals surface area contributed by atoms with E-state index in [1.54, 1.807) is 18.3 Å². The van der Waals surface area contributed by atoms with Gasteiger partial charge < -0.3 is 15.2 Å². The Balaban J connectivity index is 2.19. The van der Waals surface area contributed by atoms with Crippen molar-refractivity contribution in [3.05, 3.63) is 23.9 Å². The molecule has 1 aromatic carbocycles. The largest absolute Gasteiger partial charge is 0.486 e. The van der Waals surface area contributed by atoms with Crippen molar-refractivity contribution in [3.8, 4) is 22.6 Å². The number of nitrogens with one attached hydrogen (secondary N) is 1. The molecular formula is C13H14FN3O2. The molecule has 6 heteroatoms. The van der Waals surface area contributed by atoms with Gasteiger partial charge in [-0.2, -0.15) is 5.10 Å². The number of aromatic amines is 1. The molecule has 5 nitrogen and oxygen atoms in total. The van der Waals surface area contributed by atoms with Gasteiger partial charge in [-0.1, -0.05) is 0 Å². The maximum absolute atomic E-state index is 13.8. The number of nitrogen functional groups attached to an aromatic ring is 1. The van der Waals surface area contributed by atoms with Crippen LogP contribution in [0.5, 0.6) is 11.5 Å². The summed E-state index contributed by atoms with van der Waals surface area (Å²) >= 11 is 0.